The van der Waals surface area contributed by atoms with E-state index in [4.69, 9.17) is 16.3 Å². The van der Waals surface area contributed by atoms with Gasteiger partial charge in [0.05, 0.1) is 18.3 Å². The summed E-state index contributed by atoms with van der Waals surface area (Å²) in [5, 5.41) is 8.19. The van der Waals surface area contributed by atoms with Crippen molar-refractivity contribution >= 4 is 17.5 Å². The number of nitrogens with zero attached hydrogens (tertiary/aromatic N) is 2. The number of fused-ring (bicyclic) bond motifs is 1. The number of hydrogen-bond donors (Lipinski definition) is 1. The van der Waals surface area contributed by atoms with Crippen molar-refractivity contribution in [3.63, 3.8) is 0 Å². The summed E-state index contributed by atoms with van der Waals surface area (Å²) in [6.07, 6.45) is 0.772. The van der Waals surface area contributed by atoms with Crippen LogP contribution in [0.1, 0.15) is 40.1 Å². The third kappa shape index (κ3) is 4.12. The maximum atomic E-state index is 13.5. The van der Waals surface area contributed by atoms with Gasteiger partial charge in [-0.2, -0.15) is 5.10 Å². The Bertz CT molecular complexity index is 1250. The van der Waals surface area contributed by atoms with Crippen LogP contribution in [0.4, 0.5) is 0 Å². The van der Waals surface area contributed by atoms with Crippen LogP contribution in [0.25, 0.3) is 11.3 Å². The third-order valence-corrected chi connectivity index (χ3v) is 6.22. The number of carbonyl (C=O) groups is 1. The number of halogens is 1. The molecule has 0 aliphatic carbocycles. The van der Waals surface area contributed by atoms with Crippen LogP contribution in [0.2, 0.25) is 5.02 Å². The smallest absolute Gasteiger partial charge is 0.273 e. The average Bonchev–Trinajstić information content (AvgIpc) is 3.39. The van der Waals surface area contributed by atoms with Gasteiger partial charge in [-0.25, -0.2) is 0 Å². The molecule has 166 valence electrons. The fourth-order valence-corrected chi connectivity index (χ4v) is 4.53. The molecule has 1 atom stereocenters. The average molecular weight is 458 g/mol. The molecule has 0 fully saturated rings. The third-order valence-electron chi connectivity index (χ3n) is 5.97. The molecule has 0 bridgehead atoms. The molecule has 1 aromatic heterocycles. The molecule has 1 unspecified atom stereocenters. The lowest BCUT2D eigenvalue weighted by Gasteiger charge is -2.26. The van der Waals surface area contributed by atoms with Crippen LogP contribution in [-0.2, 0) is 6.42 Å². The van der Waals surface area contributed by atoms with E-state index in [1.54, 1.807) is 0 Å². The fourth-order valence-electron chi connectivity index (χ4n) is 4.41. The lowest BCUT2D eigenvalue weighted by molar-refractivity contribution is 0.0746. The van der Waals surface area contributed by atoms with Gasteiger partial charge in [0.1, 0.15) is 11.4 Å². The highest BCUT2D eigenvalue weighted by Crippen LogP contribution is 2.43. The Labute approximate surface area is 198 Å². The molecular formula is C27H24ClN3O2. The first-order valence-electron chi connectivity index (χ1n) is 11.1. The predicted octanol–water partition coefficient (Wildman–Crippen LogP) is 5.92. The zero-order valence-electron chi connectivity index (χ0n) is 18.3. The number of aromatic amines is 1. The van der Waals surface area contributed by atoms with Crippen molar-refractivity contribution in [3.8, 4) is 17.0 Å². The molecule has 5 nitrogen and oxygen atoms in total. The number of aromatic nitrogens is 2. The minimum absolute atomic E-state index is 0.0347. The summed E-state index contributed by atoms with van der Waals surface area (Å²) in [5.41, 5.74) is 5.37. The van der Waals surface area contributed by atoms with E-state index >= 15 is 0 Å². The van der Waals surface area contributed by atoms with Gasteiger partial charge in [0.2, 0.25) is 0 Å². The van der Waals surface area contributed by atoms with E-state index in [0.717, 1.165) is 34.6 Å². The molecule has 33 heavy (non-hydrogen) atoms. The maximum absolute atomic E-state index is 13.5. The number of rotatable bonds is 7. The Morgan fingerprint density at radius 2 is 1.73 bits per heavy atom. The predicted molar refractivity (Wildman–Crippen MR) is 130 cm³/mol. The Morgan fingerprint density at radius 1 is 1.00 bits per heavy atom. The number of ether oxygens (including phenoxy) is 1. The molecule has 2 heterocycles. The van der Waals surface area contributed by atoms with Gasteiger partial charge in [0.15, 0.2) is 0 Å². The molecule has 0 saturated carbocycles. The summed E-state index contributed by atoms with van der Waals surface area (Å²) < 4.78 is 5.62. The zero-order chi connectivity index (χ0) is 22.8. The molecule has 5 rings (SSSR count). The summed E-state index contributed by atoms with van der Waals surface area (Å²) in [7, 11) is 0. The SMILES string of the molecule is CCOc1ccc(C2c3c(-c4ccc(Cl)cc4)n[nH]c3C(=O)N2CCc2ccccc2)cc1. The van der Waals surface area contributed by atoms with Crippen LogP contribution in [0.3, 0.4) is 0 Å². The number of carbonyl (C=O) groups excluding carboxylic acids is 1. The lowest BCUT2D eigenvalue weighted by Crippen LogP contribution is -2.31. The van der Waals surface area contributed by atoms with Gasteiger partial charge in [-0.15, -0.1) is 0 Å². The number of H-pyrrole nitrogens is 1. The first kappa shape index (κ1) is 21.3. The molecule has 0 saturated heterocycles. The lowest BCUT2D eigenvalue weighted by atomic mass is 9.96. The number of benzene rings is 3. The summed E-state index contributed by atoms with van der Waals surface area (Å²) in [6, 6.07) is 25.5. The van der Waals surface area contributed by atoms with E-state index in [-0.39, 0.29) is 11.9 Å². The molecule has 3 aromatic carbocycles. The van der Waals surface area contributed by atoms with Crippen molar-refractivity contribution in [1.29, 1.82) is 0 Å². The van der Waals surface area contributed by atoms with Crippen molar-refractivity contribution in [2.24, 2.45) is 0 Å². The standard InChI is InChI=1S/C27H24ClN3O2/c1-2-33-22-14-10-20(11-15-22)26-23-24(19-8-12-21(28)13-9-19)29-30-25(23)27(32)31(26)17-16-18-6-4-3-5-7-18/h3-15,26H,2,16-17H2,1H3,(H,29,30). The highest BCUT2D eigenvalue weighted by molar-refractivity contribution is 6.30. The van der Waals surface area contributed by atoms with Crippen LogP contribution in [0.15, 0.2) is 78.9 Å². The molecule has 4 aromatic rings. The van der Waals surface area contributed by atoms with Gasteiger partial charge < -0.3 is 9.64 Å². The number of nitrogens with one attached hydrogen (secondary N) is 1. The van der Waals surface area contributed by atoms with Crippen LogP contribution in [0.5, 0.6) is 5.75 Å². The van der Waals surface area contributed by atoms with Crippen LogP contribution < -0.4 is 4.74 Å². The monoisotopic (exact) mass is 457 g/mol. The van der Waals surface area contributed by atoms with Crippen molar-refractivity contribution < 1.29 is 9.53 Å². The second-order valence-electron chi connectivity index (χ2n) is 8.01. The van der Waals surface area contributed by atoms with Crippen molar-refractivity contribution in [1.82, 2.24) is 15.1 Å². The fraction of sp³-hybridized carbons (Fsp3) is 0.185. The van der Waals surface area contributed by atoms with E-state index in [9.17, 15) is 4.79 Å². The van der Waals surface area contributed by atoms with Crippen LogP contribution in [0, 0.1) is 0 Å². The quantitative estimate of drug-likeness (QED) is 0.375. The Hall–Kier alpha value is -3.57. The minimum Gasteiger partial charge on any atom is -0.494 e. The van der Waals surface area contributed by atoms with E-state index in [2.05, 4.69) is 22.3 Å². The van der Waals surface area contributed by atoms with Gasteiger partial charge in [-0.1, -0.05) is 66.2 Å². The van der Waals surface area contributed by atoms with Gasteiger partial charge in [-0.05, 0) is 48.7 Å². The molecule has 1 aliphatic rings. The summed E-state index contributed by atoms with van der Waals surface area (Å²) in [5.74, 6) is 0.777. The molecule has 6 heteroatoms. The highest BCUT2D eigenvalue weighted by atomic mass is 35.5. The molecule has 1 N–H and O–H groups in total. The zero-order valence-corrected chi connectivity index (χ0v) is 19.0. The van der Waals surface area contributed by atoms with E-state index < -0.39 is 0 Å². The Kier molecular flexibility index (Phi) is 5.88. The second-order valence-corrected chi connectivity index (χ2v) is 8.44. The second kappa shape index (κ2) is 9.12. The first-order chi connectivity index (χ1) is 16.2. The van der Waals surface area contributed by atoms with Crippen LogP contribution >= 0.6 is 11.6 Å². The normalized spacial score (nSPS) is 15.0. The number of hydrogen-bond acceptors (Lipinski definition) is 3. The van der Waals surface area contributed by atoms with Crippen molar-refractivity contribution in [2.45, 2.75) is 19.4 Å². The number of amides is 1. The van der Waals surface area contributed by atoms with Gasteiger partial charge in [0, 0.05) is 22.7 Å². The van der Waals surface area contributed by atoms with Crippen molar-refractivity contribution in [2.75, 3.05) is 13.2 Å². The Balaban J connectivity index is 1.55. The van der Waals surface area contributed by atoms with Gasteiger partial charge in [0.25, 0.3) is 5.91 Å². The summed E-state index contributed by atoms with van der Waals surface area (Å²) in [6.45, 7) is 3.17. The largest absolute Gasteiger partial charge is 0.494 e. The van der Waals surface area contributed by atoms with E-state index in [1.165, 1.54) is 5.56 Å². The summed E-state index contributed by atoms with van der Waals surface area (Å²) in [4.78, 5) is 15.4. The minimum atomic E-state index is -0.240. The van der Waals surface area contributed by atoms with Gasteiger partial charge in [-0.3, -0.25) is 9.89 Å². The van der Waals surface area contributed by atoms with Gasteiger partial charge >= 0.3 is 0 Å². The maximum Gasteiger partial charge on any atom is 0.273 e. The summed E-state index contributed by atoms with van der Waals surface area (Å²) >= 11 is 6.10. The molecule has 1 amide bonds. The molecular weight excluding hydrogens is 434 g/mol. The molecule has 0 spiro atoms. The molecule has 1 aliphatic heterocycles. The van der Waals surface area contributed by atoms with E-state index in [1.807, 2.05) is 78.6 Å². The molecule has 0 radical (unpaired) electrons. The van der Waals surface area contributed by atoms with E-state index in [0.29, 0.717) is 23.9 Å². The van der Waals surface area contributed by atoms with Crippen molar-refractivity contribution in [3.05, 3.63) is 106 Å². The topological polar surface area (TPSA) is 58.2 Å². The Morgan fingerprint density at radius 3 is 2.42 bits per heavy atom. The highest BCUT2D eigenvalue weighted by Gasteiger charge is 2.41. The first-order valence-corrected chi connectivity index (χ1v) is 11.5. The van der Waals surface area contributed by atoms with Crippen LogP contribution in [-0.4, -0.2) is 34.2 Å².